The Balaban J connectivity index is 1.74. The highest BCUT2D eigenvalue weighted by Gasteiger charge is 2.34. The molecule has 0 bridgehead atoms. The van der Waals surface area contributed by atoms with Gasteiger partial charge in [0.05, 0.1) is 23.2 Å². The van der Waals surface area contributed by atoms with E-state index in [2.05, 4.69) is 37.6 Å². The number of hydrogen-bond acceptors (Lipinski definition) is 6. The number of hydrogen-bond donors (Lipinski definition) is 4. The molecule has 2 heterocycles. The average molecular weight is 710 g/mol. The zero-order chi connectivity index (χ0) is 34.4. The van der Waals surface area contributed by atoms with Crippen molar-refractivity contribution in [3.05, 3.63) is 75.9 Å². The van der Waals surface area contributed by atoms with Crippen LogP contribution < -0.4 is 10.6 Å². The lowest BCUT2D eigenvalue weighted by Crippen LogP contribution is -2.55. The van der Waals surface area contributed by atoms with Crippen LogP contribution in [0.5, 0.6) is 5.75 Å². The molecule has 47 heavy (non-hydrogen) atoms. The Morgan fingerprint density at radius 1 is 0.936 bits per heavy atom. The van der Waals surface area contributed by atoms with E-state index in [-0.39, 0.29) is 36.3 Å². The summed E-state index contributed by atoms with van der Waals surface area (Å²) in [5.41, 5.74) is 3.29. The van der Waals surface area contributed by atoms with E-state index in [0.717, 1.165) is 22.0 Å². The van der Waals surface area contributed by atoms with E-state index in [1.807, 2.05) is 52.0 Å². The number of aromatic nitrogens is 1. The summed E-state index contributed by atoms with van der Waals surface area (Å²) in [6, 6.07) is 11.2. The quantitative estimate of drug-likeness (QED) is 0.203. The number of halogens is 1. The molecule has 3 amide bonds. The van der Waals surface area contributed by atoms with Crippen molar-refractivity contribution in [3.63, 3.8) is 0 Å². The fourth-order valence-electron chi connectivity index (χ4n) is 6.28. The molecule has 252 valence electrons. The molecule has 3 aromatic rings. The van der Waals surface area contributed by atoms with Gasteiger partial charge in [0.2, 0.25) is 17.7 Å². The molecule has 10 nitrogen and oxygen atoms in total. The van der Waals surface area contributed by atoms with E-state index in [1.165, 1.54) is 17.0 Å². The number of carbonyl (C=O) groups is 4. The Morgan fingerprint density at radius 3 is 2.32 bits per heavy atom. The summed E-state index contributed by atoms with van der Waals surface area (Å²) in [6.45, 7) is 9.27. The van der Waals surface area contributed by atoms with Crippen molar-refractivity contribution in [2.24, 2.45) is 11.8 Å². The van der Waals surface area contributed by atoms with Gasteiger partial charge in [0.1, 0.15) is 17.8 Å². The smallest absolute Gasteiger partial charge is 0.308 e. The molecule has 1 aromatic heterocycles. The van der Waals surface area contributed by atoms with Crippen LogP contribution in [0.25, 0.3) is 10.9 Å². The first-order valence-electron chi connectivity index (χ1n) is 16.0. The molecule has 0 spiro atoms. The minimum Gasteiger partial charge on any atom is -0.508 e. The summed E-state index contributed by atoms with van der Waals surface area (Å²) in [4.78, 5) is 59.2. The fourth-order valence-corrected chi connectivity index (χ4v) is 6.87. The van der Waals surface area contributed by atoms with E-state index in [9.17, 15) is 24.3 Å². The largest absolute Gasteiger partial charge is 0.508 e. The topological polar surface area (TPSA) is 141 Å². The predicted octanol–water partition coefficient (Wildman–Crippen LogP) is 5.70. The van der Waals surface area contributed by atoms with Crippen molar-refractivity contribution < 1.29 is 29.0 Å². The number of fused-ring (bicyclic) bond motifs is 1. The molecule has 0 fully saturated rings. The Morgan fingerprint density at radius 2 is 1.62 bits per heavy atom. The predicted molar refractivity (Wildman–Crippen MR) is 184 cm³/mol. The molecule has 0 unspecified atom stereocenters. The molecule has 1 aliphatic heterocycles. The van der Waals surface area contributed by atoms with Crippen molar-refractivity contribution in [2.75, 3.05) is 7.05 Å². The highest BCUT2D eigenvalue weighted by molar-refractivity contribution is 9.10. The van der Waals surface area contributed by atoms with Crippen molar-refractivity contribution in [1.29, 1.82) is 0 Å². The second-order valence-corrected chi connectivity index (χ2v) is 13.6. The second-order valence-electron chi connectivity index (χ2n) is 12.9. The zero-order valence-corrected chi connectivity index (χ0v) is 29.4. The maximum absolute atomic E-state index is 14.3. The highest BCUT2D eigenvalue weighted by Crippen LogP contribution is 2.29. The molecule has 6 atom stereocenters. The van der Waals surface area contributed by atoms with Gasteiger partial charge in [-0.1, -0.05) is 55.8 Å². The number of amides is 3. The summed E-state index contributed by atoms with van der Waals surface area (Å²) in [7, 11) is 1.55. The molecule has 2 aromatic carbocycles. The lowest BCUT2D eigenvalue weighted by Gasteiger charge is -2.31. The molecule has 4 rings (SSSR count). The summed E-state index contributed by atoms with van der Waals surface area (Å²) in [5, 5.41) is 16.7. The Labute approximate surface area is 284 Å². The first-order chi connectivity index (χ1) is 22.2. The Hall–Kier alpha value is -4.12. The van der Waals surface area contributed by atoms with E-state index < -0.39 is 42.0 Å². The molecule has 1 aliphatic rings. The molecule has 0 aliphatic carbocycles. The number of rotatable bonds is 3. The molecule has 11 heteroatoms. The number of cyclic esters (lactones) is 1. The van der Waals surface area contributed by atoms with Crippen LogP contribution in [0.3, 0.4) is 0 Å². The third-order valence-electron chi connectivity index (χ3n) is 8.67. The van der Waals surface area contributed by atoms with Gasteiger partial charge < -0.3 is 30.4 Å². The number of aromatic amines is 1. The third-order valence-corrected chi connectivity index (χ3v) is 9.35. The number of allylic oxidation sites excluding steroid dienone is 2. The van der Waals surface area contributed by atoms with Gasteiger partial charge in [-0.2, -0.15) is 0 Å². The average Bonchev–Trinajstić information content (AvgIpc) is 3.32. The number of nitrogens with zero attached hydrogens (tertiary/aromatic N) is 1. The molecule has 0 saturated heterocycles. The number of ether oxygens (including phenoxy) is 1. The van der Waals surface area contributed by atoms with Crippen LogP contribution >= 0.6 is 15.9 Å². The van der Waals surface area contributed by atoms with E-state index in [0.29, 0.717) is 23.0 Å². The van der Waals surface area contributed by atoms with E-state index >= 15 is 0 Å². The third kappa shape index (κ3) is 9.24. The van der Waals surface area contributed by atoms with Gasteiger partial charge in [0.25, 0.3) is 0 Å². The number of H-pyrrole nitrogens is 1. The van der Waals surface area contributed by atoms with Crippen LogP contribution in [0.1, 0.15) is 71.0 Å². The number of aromatic hydroxyl groups is 1. The summed E-state index contributed by atoms with van der Waals surface area (Å²) in [6.07, 6.45) is 2.76. The van der Waals surface area contributed by atoms with Crippen molar-refractivity contribution in [1.82, 2.24) is 20.5 Å². The maximum Gasteiger partial charge on any atom is 0.308 e. The summed E-state index contributed by atoms with van der Waals surface area (Å²) >= 11 is 3.60. The lowest BCUT2D eigenvalue weighted by atomic mass is 9.95. The number of phenolic OH excluding ortho intramolecular Hbond substituents is 1. The molecule has 0 radical (unpaired) electrons. The maximum atomic E-state index is 14.3. The zero-order valence-electron chi connectivity index (χ0n) is 27.8. The number of nitrogens with one attached hydrogen (secondary N) is 3. The monoisotopic (exact) mass is 708 g/mol. The van der Waals surface area contributed by atoms with Gasteiger partial charge in [-0.05, 0) is 84.8 Å². The SMILES string of the molecule is CC1=C[C@H](C)C[C@H](C)OC(=O)C[C@H](c2ccc(O)cc2)NC(=O)[C@@H](Cc2c(Br)[nH]c3ccccc23)N(C)C(=O)[C@@H](C)NC(=O)[C@@H](C)C1. The van der Waals surface area contributed by atoms with Crippen LogP contribution in [-0.2, 0) is 30.3 Å². The van der Waals surface area contributed by atoms with Gasteiger partial charge in [-0.3, -0.25) is 19.2 Å². The van der Waals surface area contributed by atoms with Gasteiger partial charge >= 0.3 is 5.97 Å². The first kappa shape index (κ1) is 35.7. The number of phenols is 1. The van der Waals surface area contributed by atoms with Crippen molar-refractivity contribution >= 4 is 50.5 Å². The first-order valence-corrected chi connectivity index (χ1v) is 16.8. The standard InChI is InChI=1S/C36H45BrN4O6/c1-20-15-21(2)17-23(4)47-32(43)19-30(25-11-13-26(42)14-12-25)40-35(45)31(18-28-27-9-7-8-10-29(27)39-33(28)37)41(6)36(46)24(5)38-34(44)22(3)16-20/h7-15,21-24,30-31,39,42H,16-19H2,1-6H3,(H,38,44)(H,40,45)/t21-,22-,23-,24+,30+,31+/m0/s1. The summed E-state index contributed by atoms with van der Waals surface area (Å²) in [5.74, 6) is -1.93. The number of likely N-dealkylation sites (N-methyl/N-ethyl adjacent to an activating group) is 1. The van der Waals surface area contributed by atoms with Gasteiger partial charge in [0, 0.05) is 30.3 Å². The van der Waals surface area contributed by atoms with Crippen LogP contribution in [0.15, 0.2) is 64.8 Å². The molecule has 4 N–H and O–H groups in total. The Bertz CT molecular complexity index is 1630. The lowest BCUT2D eigenvalue weighted by molar-refractivity contribution is -0.149. The van der Waals surface area contributed by atoms with Crippen molar-refractivity contribution in [2.45, 2.75) is 84.5 Å². The van der Waals surface area contributed by atoms with Crippen LogP contribution in [-0.4, -0.2) is 63.9 Å². The number of para-hydroxylation sites is 1. The van der Waals surface area contributed by atoms with Crippen LogP contribution in [0.2, 0.25) is 0 Å². The normalized spacial score (nSPS) is 26.0. The second kappa shape index (κ2) is 15.6. The number of esters is 1. The fraction of sp³-hybridized carbons (Fsp3) is 0.444. The minimum absolute atomic E-state index is 0.0439. The molecule has 0 saturated carbocycles. The van der Waals surface area contributed by atoms with Gasteiger partial charge in [0.15, 0.2) is 0 Å². The highest BCUT2D eigenvalue weighted by atomic mass is 79.9. The van der Waals surface area contributed by atoms with Gasteiger partial charge in [-0.25, -0.2) is 0 Å². The van der Waals surface area contributed by atoms with Crippen molar-refractivity contribution in [3.8, 4) is 5.75 Å². The number of benzene rings is 2. The molecular weight excluding hydrogens is 664 g/mol. The number of carbonyl (C=O) groups excluding carboxylic acids is 4. The van der Waals surface area contributed by atoms with E-state index in [1.54, 1.807) is 26.1 Å². The summed E-state index contributed by atoms with van der Waals surface area (Å²) < 4.78 is 6.47. The molecular formula is C36H45BrN4O6. The van der Waals surface area contributed by atoms with E-state index in [4.69, 9.17) is 4.74 Å². The van der Waals surface area contributed by atoms with Crippen LogP contribution in [0.4, 0.5) is 0 Å². The van der Waals surface area contributed by atoms with Crippen LogP contribution in [0, 0.1) is 11.8 Å². The Kier molecular flexibility index (Phi) is 11.9. The van der Waals surface area contributed by atoms with Gasteiger partial charge in [-0.15, -0.1) is 0 Å². The minimum atomic E-state index is -1.02.